The molecule has 0 bridgehead atoms. The van der Waals surface area contributed by atoms with Crippen LogP contribution in [0, 0.1) is 11.3 Å². The van der Waals surface area contributed by atoms with Gasteiger partial charge in [-0.15, -0.1) is 0 Å². The third-order valence-electron chi connectivity index (χ3n) is 5.40. The molecular formula is C22H24N4O3S. The van der Waals surface area contributed by atoms with Gasteiger partial charge in [-0.1, -0.05) is 12.5 Å². The van der Waals surface area contributed by atoms with Gasteiger partial charge in [0.1, 0.15) is 18.2 Å². The molecule has 0 atom stereocenters. The molecule has 0 aliphatic carbocycles. The molecule has 0 spiro atoms. The Morgan fingerprint density at radius 2 is 1.93 bits per heavy atom. The van der Waals surface area contributed by atoms with Crippen molar-refractivity contribution in [2.45, 2.75) is 44.2 Å². The second kappa shape index (κ2) is 8.46. The molecule has 0 N–H and O–H groups in total. The maximum Gasteiger partial charge on any atom is 0.243 e. The first-order valence-electron chi connectivity index (χ1n) is 10.1. The minimum atomic E-state index is -3.50. The molecule has 1 aliphatic heterocycles. The van der Waals surface area contributed by atoms with Crippen molar-refractivity contribution in [3.05, 3.63) is 53.9 Å². The standard InChI is InChI=1S/C22H24N4O3S/c1-2-26-21-10-9-19(30(27,28)25-11-4-3-5-12-25)14-20(21)24-22(26)16-29-18-8-6-7-17(13-18)15-23/h6-10,13-14H,2-5,11-12,16H2,1H3. The average Bonchev–Trinajstić information content (AvgIpc) is 3.15. The number of sulfonamides is 1. The lowest BCUT2D eigenvalue weighted by Gasteiger charge is -2.25. The maximum absolute atomic E-state index is 13.0. The molecule has 1 aliphatic rings. The van der Waals surface area contributed by atoms with E-state index in [-0.39, 0.29) is 11.5 Å². The SMILES string of the molecule is CCn1c(COc2cccc(C#N)c2)nc2cc(S(=O)(=O)N3CCCCC3)ccc21. The zero-order valence-corrected chi connectivity index (χ0v) is 17.7. The van der Waals surface area contributed by atoms with Crippen LogP contribution in [0.4, 0.5) is 0 Å². The van der Waals surface area contributed by atoms with E-state index in [0.29, 0.717) is 42.3 Å². The predicted molar refractivity (Wildman–Crippen MR) is 114 cm³/mol. The number of benzene rings is 2. The molecule has 156 valence electrons. The van der Waals surface area contributed by atoms with Gasteiger partial charge in [0.25, 0.3) is 0 Å². The van der Waals surface area contributed by atoms with Gasteiger partial charge in [0.05, 0.1) is 27.6 Å². The summed E-state index contributed by atoms with van der Waals surface area (Å²) in [5, 5.41) is 9.04. The van der Waals surface area contributed by atoms with E-state index in [1.807, 2.05) is 17.6 Å². The molecule has 0 saturated carbocycles. The molecule has 8 heteroatoms. The molecule has 4 rings (SSSR count). The number of imidazole rings is 1. The first-order chi connectivity index (χ1) is 14.5. The summed E-state index contributed by atoms with van der Waals surface area (Å²) in [7, 11) is -3.50. The van der Waals surface area contributed by atoms with Gasteiger partial charge in [-0.05, 0) is 56.2 Å². The summed E-state index contributed by atoms with van der Waals surface area (Å²) in [6.07, 6.45) is 2.88. The van der Waals surface area contributed by atoms with Crippen molar-refractivity contribution in [2.24, 2.45) is 0 Å². The summed E-state index contributed by atoms with van der Waals surface area (Å²) in [4.78, 5) is 4.93. The smallest absolute Gasteiger partial charge is 0.243 e. The van der Waals surface area contributed by atoms with Crippen LogP contribution in [-0.2, 0) is 23.2 Å². The van der Waals surface area contributed by atoms with Gasteiger partial charge < -0.3 is 9.30 Å². The van der Waals surface area contributed by atoms with Gasteiger partial charge in [-0.25, -0.2) is 13.4 Å². The number of nitrogens with zero attached hydrogens (tertiary/aromatic N) is 4. The van der Waals surface area contributed by atoms with Crippen LogP contribution in [0.3, 0.4) is 0 Å². The van der Waals surface area contributed by atoms with Gasteiger partial charge in [0.15, 0.2) is 0 Å². The van der Waals surface area contributed by atoms with E-state index in [1.54, 1.807) is 40.7 Å². The molecular weight excluding hydrogens is 400 g/mol. The minimum Gasteiger partial charge on any atom is -0.486 e. The van der Waals surface area contributed by atoms with Crippen LogP contribution in [0.5, 0.6) is 5.75 Å². The Hall–Kier alpha value is -2.89. The van der Waals surface area contributed by atoms with Gasteiger partial charge in [0.2, 0.25) is 10.0 Å². The highest BCUT2D eigenvalue weighted by molar-refractivity contribution is 7.89. The van der Waals surface area contributed by atoms with Crippen LogP contribution in [-0.4, -0.2) is 35.4 Å². The van der Waals surface area contributed by atoms with E-state index in [1.165, 1.54) is 0 Å². The fourth-order valence-corrected chi connectivity index (χ4v) is 5.38. The van der Waals surface area contributed by atoms with Crippen molar-refractivity contribution in [3.63, 3.8) is 0 Å². The molecule has 0 radical (unpaired) electrons. The summed E-state index contributed by atoms with van der Waals surface area (Å²) in [6.45, 7) is 4.08. The zero-order valence-electron chi connectivity index (χ0n) is 16.9. The van der Waals surface area contributed by atoms with Crippen LogP contribution in [0.25, 0.3) is 11.0 Å². The fourth-order valence-electron chi connectivity index (χ4n) is 3.84. The van der Waals surface area contributed by atoms with Crippen molar-refractivity contribution in [2.75, 3.05) is 13.1 Å². The zero-order chi connectivity index (χ0) is 21.1. The first kappa shape index (κ1) is 20.4. The van der Waals surface area contributed by atoms with Gasteiger partial charge >= 0.3 is 0 Å². The van der Waals surface area contributed by atoms with Crippen molar-refractivity contribution >= 4 is 21.1 Å². The van der Waals surface area contributed by atoms with Crippen molar-refractivity contribution in [3.8, 4) is 11.8 Å². The second-order valence-electron chi connectivity index (χ2n) is 7.32. The highest BCUT2D eigenvalue weighted by Gasteiger charge is 2.26. The van der Waals surface area contributed by atoms with E-state index in [4.69, 9.17) is 10.00 Å². The molecule has 7 nitrogen and oxygen atoms in total. The maximum atomic E-state index is 13.0. The van der Waals surface area contributed by atoms with Gasteiger partial charge in [0, 0.05) is 19.6 Å². The third-order valence-corrected chi connectivity index (χ3v) is 7.29. The quantitative estimate of drug-likeness (QED) is 0.602. The molecule has 30 heavy (non-hydrogen) atoms. The Kier molecular flexibility index (Phi) is 5.75. The summed E-state index contributed by atoms with van der Waals surface area (Å²) in [5.74, 6) is 1.31. The number of fused-ring (bicyclic) bond motifs is 1. The number of hydrogen-bond donors (Lipinski definition) is 0. The summed E-state index contributed by atoms with van der Waals surface area (Å²) >= 11 is 0. The Balaban J connectivity index is 1.62. The van der Waals surface area contributed by atoms with E-state index in [2.05, 4.69) is 11.1 Å². The molecule has 2 heterocycles. The monoisotopic (exact) mass is 424 g/mol. The summed E-state index contributed by atoms with van der Waals surface area (Å²) in [5.41, 5.74) is 2.04. The topological polar surface area (TPSA) is 88.2 Å². The van der Waals surface area contributed by atoms with Crippen molar-refractivity contribution in [1.82, 2.24) is 13.9 Å². The van der Waals surface area contributed by atoms with Crippen molar-refractivity contribution < 1.29 is 13.2 Å². The van der Waals surface area contributed by atoms with Crippen LogP contribution in [0.2, 0.25) is 0 Å². The Labute approximate surface area is 176 Å². The highest BCUT2D eigenvalue weighted by Crippen LogP contribution is 2.25. The van der Waals surface area contributed by atoms with Crippen LogP contribution < -0.4 is 4.74 Å². The minimum absolute atomic E-state index is 0.228. The predicted octanol–water partition coefficient (Wildman–Crippen LogP) is 3.68. The molecule has 2 aromatic carbocycles. The molecule has 0 amide bonds. The van der Waals surface area contributed by atoms with Crippen LogP contribution in [0.1, 0.15) is 37.6 Å². The Bertz CT molecular complexity index is 1200. The largest absolute Gasteiger partial charge is 0.486 e. The van der Waals surface area contributed by atoms with Gasteiger partial charge in [-0.3, -0.25) is 0 Å². The second-order valence-corrected chi connectivity index (χ2v) is 9.25. The Morgan fingerprint density at radius 3 is 2.67 bits per heavy atom. The lowest BCUT2D eigenvalue weighted by Crippen LogP contribution is -2.35. The first-order valence-corrected chi connectivity index (χ1v) is 11.6. The molecule has 1 saturated heterocycles. The molecule has 3 aromatic rings. The number of ether oxygens (including phenoxy) is 1. The van der Waals surface area contributed by atoms with Crippen LogP contribution in [0.15, 0.2) is 47.4 Å². The number of hydrogen-bond acceptors (Lipinski definition) is 5. The number of piperidine rings is 1. The third kappa shape index (κ3) is 3.91. The number of aryl methyl sites for hydroxylation is 1. The molecule has 1 aromatic heterocycles. The summed E-state index contributed by atoms with van der Waals surface area (Å²) < 4.78 is 35.4. The van der Waals surface area contributed by atoms with E-state index in [9.17, 15) is 8.42 Å². The number of nitriles is 1. The van der Waals surface area contributed by atoms with E-state index in [0.717, 1.165) is 24.8 Å². The molecule has 1 fully saturated rings. The lowest BCUT2D eigenvalue weighted by atomic mass is 10.2. The Morgan fingerprint density at radius 1 is 1.13 bits per heavy atom. The van der Waals surface area contributed by atoms with Gasteiger partial charge in [-0.2, -0.15) is 9.57 Å². The average molecular weight is 425 g/mol. The number of rotatable bonds is 6. The number of aromatic nitrogens is 2. The van der Waals surface area contributed by atoms with Crippen molar-refractivity contribution in [1.29, 1.82) is 5.26 Å². The van der Waals surface area contributed by atoms with E-state index >= 15 is 0 Å². The highest BCUT2D eigenvalue weighted by atomic mass is 32.2. The lowest BCUT2D eigenvalue weighted by molar-refractivity contribution is 0.290. The van der Waals surface area contributed by atoms with E-state index < -0.39 is 10.0 Å². The summed E-state index contributed by atoms with van der Waals surface area (Å²) in [6, 6.07) is 14.2. The normalized spacial score (nSPS) is 15.2. The molecule has 0 unspecified atom stereocenters. The van der Waals surface area contributed by atoms with Crippen LogP contribution >= 0.6 is 0 Å². The fraction of sp³-hybridized carbons (Fsp3) is 0.364.